The molecule has 0 aliphatic rings. The van der Waals surface area contributed by atoms with Gasteiger partial charge in [-0.2, -0.15) is 0 Å². The third kappa shape index (κ3) is 4.65. The zero-order chi connectivity index (χ0) is 24.2. The first-order valence-electron chi connectivity index (χ1n) is 11.2. The highest BCUT2D eigenvalue weighted by atomic mass is 16.5. The molecule has 0 fully saturated rings. The van der Waals surface area contributed by atoms with E-state index in [1.54, 1.807) is 19.4 Å². The van der Waals surface area contributed by atoms with Gasteiger partial charge in [-0.25, -0.2) is 15.0 Å². The second-order valence-corrected chi connectivity index (χ2v) is 7.93. The third-order valence-corrected chi connectivity index (χ3v) is 5.60. The van der Waals surface area contributed by atoms with Crippen LogP contribution in [0.1, 0.15) is 15.9 Å². The molecular weight excluding hydrogens is 438 g/mol. The summed E-state index contributed by atoms with van der Waals surface area (Å²) >= 11 is 0. The average molecular weight is 462 g/mol. The van der Waals surface area contributed by atoms with Crippen molar-refractivity contribution in [2.24, 2.45) is 0 Å². The van der Waals surface area contributed by atoms with E-state index in [9.17, 15) is 4.79 Å². The van der Waals surface area contributed by atoms with Gasteiger partial charge in [-0.3, -0.25) is 4.79 Å². The molecule has 0 saturated carbocycles. The van der Waals surface area contributed by atoms with Crippen molar-refractivity contribution in [1.82, 2.24) is 15.0 Å². The fraction of sp³-hybridized carbons (Fsp3) is 0.0714. The maximum Gasteiger partial charge on any atom is 0.256 e. The quantitative estimate of drug-likeness (QED) is 0.318. The Kier molecular flexibility index (Phi) is 6.05. The standard InChI is InChI=1S/C28H23N5O2/c1-18-17-20(32-26(34)22-10-5-8-19-7-3-4-9-21(19)22)12-13-25(18)35-27-23(11-6-15-30-27)24-14-16-31-28(29-2)33-24/h3-17H,1-2H3,(H,32,34)(H,29,31,33). The topological polar surface area (TPSA) is 89.0 Å². The lowest BCUT2D eigenvalue weighted by molar-refractivity contribution is 0.102. The number of hydrogen-bond acceptors (Lipinski definition) is 6. The van der Waals surface area contributed by atoms with Crippen LogP contribution < -0.4 is 15.4 Å². The zero-order valence-electron chi connectivity index (χ0n) is 19.3. The van der Waals surface area contributed by atoms with E-state index in [0.29, 0.717) is 34.5 Å². The number of hydrogen-bond donors (Lipinski definition) is 2. The van der Waals surface area contributed by atoms with Gasteiger partial charge in [0.1, 0.15) is 5.75 Å². The molecule has 2 N–H and O–H groups in total. The molecule has 1 amide bonds. The van der Waals surface area contributed by atoms with Gasteiger partial charge in [-0.05, 0) is 65.7 Å². The minimum Gasteiger partial charge on any atom is -0.438 e. The SMILES string of the molecule is CNc1nccc(-c2cccnc2Oc2ccc(NC(=O)c3cccc4ccccc34)cc2C)n1. The Morgan fingerprint density at radius 2 is 1.74 bits per heavy atom. The van der Waals surface area contributed by atoms with Crippen LogP contribution in [0.3, 0.4) is 0 Å². The third-order valence-electron chi connectivity index (χ3n) is 5.60. The lowest BCUT2D eigenvalue weighted by atomic mass is 10.0. The Bertz CT molecular complexity index is 1530. The molecule has 5 rings (SSSR count). The number of nitrogens with zero attached hydrogens (tertiary/aromatic N) is 3. The van der Waals surface area contributed by atoms with Gasteiger partial charge in [0.15, 0.2) is 0 Å². The summed E-state index contributed by atoms with van der Waals surface area (Å²) in [5.74, 6) is 1.42. The number of aromatic nitrogens is 3. The number of anilines is 2. The van der Waals surface area contributed by atoms with Crippen LogP contribution in [0, 0.1) is 6.92 Å². The normalized spacial score (nSPS) is 10.7. The molecule has 0 unspecified atom stereocenters. The van der Waals surface area contributed by atoms with E-state index >= 15 is 0 Å². The van der Waals surface area contributed by atoms with Crippen LogP contribution in [-0.2, 0) is 0 Å². The molecule has 0 aliphatic heterocycles. The van der Waals surface area contributed by atoms with Gasteiger partial charge in [0.05, 0.1) is 11.3 Å². The lowest BCUT2D eigenvalue weighted by Crippen LogP contribution is -2.12. The van der Waals surface area contributed by atoms with Gasteiger partial charge in [-0.15, -0.1) is 0 Å². The van der Waals surface area contributed by atoms with Crippen LogP contribution in [0.4, 0.5) is 11.6 Å². The number of aryl methyl sites for hydroxylation is 1. The fourth-order valence-electron chi connectivity index (χ4n) is 3.86. The van der Waals surface area contributed by atoms with Gasteiger partial charge in [0.2, 0.25) is 11.8 Å². The largest absolute Gasteiger partial charge is 0.438 e. The Morgan fingerprint density at radius 1 is 0.886 bits per heavy atom. The van der Waals surface area contributed by atoms with Crippen LogP contribution in [0.5, 0.6) is 11.6 Å². The molecule has 3 aromatic carbocycles. The first-order chi connectivity index (χ1) is 17.1. The first kappa shape index (κ1) is 22.0. The van der Waals surface area contributed by atoms with Crippen LogP contribution in [0.15, 0.2) is 91.3 Å². The van der Waals surface area contributed by atoms with E-state index in [2.05, 4.69) is 25.6 Å². The molecule has 0 aliphatic carbocycles. The second kappa shape index (κ2) is 9.61. The summed E-state index contributed by atoms with van der Waals surface area (Å²) < 4.78 is 6.17. The summed E-state index contributed by atoms with van der Waals surface area (Å²) in [6.45, 7) is 1.93. The smallest absolute Gasteiger partial charge is 0.256 e. The number of carbonyl (C=O) groups is 1. The average Bonchev–Trinajstić information content (AvgIpc) is 2.90. The van der Waals surface area contributed by atoms with Gasteiger partial charge < -0.3 is 15.4 Å². The highest BCUT2D eigenvalue weighted by Crippen LogP contribution is 2.33. The van der Waals surface area contributed by atoms with Crippen molar-refractivity contribution in [3.8, 4) is 22.9 Å². The van der Waals surface area contributed by atoms with Crippen molar-refractivity contribution < 1.29 is 9.53 Å². The number of rotatable bonds is 6. The first-order valence-corrected chi connectivity index (χ1v) is 11.2. The molecule has 5 aromatic rings. The van der Waals surface area contributed by atoms with Gasteiger partial charge in [0, 0.05) is 30.7 Å². The summed E-state index contributed by atoms with van der Waals surface area (Å²) in [4.78, 5) is 26.1. The predicted octanol–water partition coefficient (Wildman–Crippen LogP) is 6.09. The van der Waals surface area contributed by atoms with Gasteiger partial charge >= 0.3 is 0 Å². The summed E-state index contributed by atoms with van der Waals surface area (Å²) in [7, 11) is 1.77. The number of amides is 1. The number of ether oxygens (including phenoxy) is 1. The summed E-state index contributed by atoms with van der Waals surface area (Å²) in [6.07, 6.45) is 3.36. The summed E-state index contributed by atoms with van der Waals surface area (Å²) in [6, 6.07) is 24.6. The number of benzene rings is 3. The van der Waals surface area contributed by atoms with E-state index < -0.39 is 0 Å². The minimum atomic E-state index is -0.161. The van der Waals surface area contributed by atoms with Crippen molar-refractivity contribution in [3.63, 3.8) is 0 Å². The maximum absolute atomic E-state index is 13.0. The van der Waals surface area contributed by atoms with Crippen LogP contribution in [0.25, 0.3) is 22.0 Å². The molecule has 7 nitrogen and oxygen atoms in total. The predicted molar refractivity (Wildman–Crippen MR) is 138 cm³/mol. The molecule has 0 saturated heterocycles. The molecular formula is C28H23N5O2. The van der Waals surface area contributed by atoms with Crippen molar-refractivity contribution in [1.29, 1.82) is 0 Å². The van der Waals surface area contributed by atoms with Crippen LogP contribution in [0.2, 0.25) is 0 Å². The highest BCUT2D eigenvalue weighted by Gasteiger charge is 2.14. The maximum atomic E-state index is 13.0. The van der Waals surface area contributed by atoms with E-state index in [0.717, 1.165) is 21.9 Å². The summed E-state index contributed by atoms with van der Waals surface area (Å²) in [5, 5.41) is 7.88. The minimum absolute atomic E-state index is 0.161. The molecule has 0 bridgehead atoms. The van der Waals surface area contributed by atoms with Crippen molar-refractivity contribution >= 4 is 28.3 Å². The molecule has 7 heteroatoms. The van der Waals surface area contributed by atoms with Crippen molar-refractivity contribution in [3.05, 3.63) is 102 Å². The highest BCUT2D eigenvalue weighted by molar-refractivity contribution is 6.12. The van der Waals surface area contributed by atoms with E-state index in [1.165, 1.54) is 0 Å². The Labute approximate surface area is 202 Å². The molecule has 0 spiro atoms. The van der Waals surface area contributed by atoms with Crippen molar-refractivity contribution in [2.75, 3.05) is 17.7 Å². The number of nitrogens with one attached hydrogen (secondary N) is 2. The van der Waals surface area contributed by atoms with Gasteiger partial charge in [-0.1, -0.05) is 36.4 Å². The molecule has 2 aromatic heterocycles. The number of fused-ring (bicyclic) bond motifs is 1. The van der Waals surface area contributed by atoms with Gasteiger partial charge in [0.25, 0.3) is 5.91 Å². The van der Waals surface area contributed by atoms with E-state index in [4.69, 9.17) is 4.74 Å². The van der Waals surface area contributed by atoms with E-state index in [1.807, 2.05) is 85.8 Å². The number of pyridine rings is 1. The van der Waals surface area contributed by atoms with E-state index in [-0.39, 0.29) is 5.91 Å². The monoisotopic (exact) mass is 461 g/mol. The molecule has 172 valence electrons. The molecule has 0 radical (unpaired) electrons. The number of carbonyl (C=O) groups excluding carboxylic acids is 1. The van der Waals surface area contributed by atoms with Crippen LogP contribution >= 0.6 is 0 Å². The fourth-order valence-corrected chi connectivity index (χ4v) is 3.86. The Hall–Kier alpha value is -4.78. The Balaban J connectivity index is 1.38. The summed E-state index contributed by atoms with van der Waals surface area (Å²) in [5.41, 5.74) is 3.62. The molecule has 0 atom stereocenters. The van der Waals surface area contributed by atoms with Crippen molar-refractivity contribution in [2.45, 2.75) is 6.92 Å². The molecule has 35 heavy (non-hydrogen) atoms. The second-order valence-electron chi connectivity index (χ2n) is 7.93. The Morgan fingerprint density at radius 3 is 2.60 bits per heavy atom. The lowest BCUT2D eigenvalue weighted by Gasteiger charge is -2.13. The molecule has 2 heterocycles. The zero-order valence-corrected chi connectivity index (χ0v) is 19.3. The van der Waals surface area contributed by atoms with Crippen LogP contribution in [-0.4, -0.2) is 27.9 Å².